The largest absolute Gasteiger partial charge is 0.378 e. The van der Waals surface area contributed by atoms with Gasteiger partial charge in [0.1, 0.15) is 0 Å². The van der Waals surface area contributed by atoms with Crippen molar-refractivity contribution in [3.8, 4) is 0 Å². The van der Waals surface area contributed by atoms with Crippen molar-refractivity contribution in [1.29, 1.82) is 0 Å². The summed E-state index contributed by atoms with van der Waals surface area (Å²) in [6, 6.07) is 2.41. The summed E-state index contributed by atoms with van der Waals surface area (Å²) in [6.07, 6.45) is 18.7. The summed E-state index contributed by atoms with van der Waals surface area (Å²) in [4.78, 5) is 3.06. The highest BCUT2D eigenvalue weighted by Gasteiger charge is 2.38. The van der Waals surface area contributed by atoms with Crippen LogP contribution in [0.15, 0.2) is 0 Å². The molecule has 3 saturated carbocycles. The minimum atomic E-state index is 0.420. The first-order chi connectivity index (χ1) is 14.5. The second-order valence-electron chi connectivity index (χ2n) is 11.3. The van der Waals surface area contributed by atoms with Crippen molar-refractivity contribution in [2.24, 2.45) is 11.8 Å². The van der Waals surface area contributed by atoms with Gasteiger partial charge in [-0.3, -0.25) is 4.90 Å². The molecular weight excluding hydrogens is 370 g/mol. The molecule has 0 aliphatic heterocycles. The Kier molecular flexibility index (Phi) is 9.98. The lowest BCUT2D eigenvalue weighted by molar-refractivity contribution is -0.0601. The van der Waals surface area contributed by atoms with E-state index in [4.69, 9.17) is 9.47 Å². The third-order valence-corrected chi connectivity index (χ3v) is 8.20. The van der Waals surface area contributed by atoms with Crippen LogP contribution < -0.4 is 0 Å². The van der Waals surface area contributed by atoms with Crippen LogP contribution in [0, 0.1) is 11.8 Å². The Morgan fingerprint density at radius 2 is 1.17 bits per heavy atom. The maximum absolute atomic E-state index is 6.30. The van der Waals surface area contributed by atoms with Crippen molar-refractivity contribution >= 4 is 0 Å². The van der Waals surface area contributed by atoms with Crippen molar-refractivity contribution in [1.82, 2.24) is 4.90 Å². The standard InChI is InChI=1S/C27H51NO2/c1-6-22(5)30-27-17-13-25(14-18-27)28(23-9-7-21(4)8-10-23)24-11-15-26(16-12-24)29-19-20(2)3/h20-27H,6-19H2,1-5H3. The normalized spacial score (nSPS) is 36.9. The second kappa shape index (κ2) is 12.2. The summed E-state index contributed by atoms with van der Waals surface area (Å²) in [5, 5.41) is 0. The predicted octanol–water partition coefficient (Wildman–Crippen LogP) is 6.98. The van der Waals surface area contributed by atoms with Crippen LogP contribution in [0.4, 0.5) is 0 Å². The van der Waals surface area contributed by atoms with Gasteiger partial charge in [-0.05, 0) is 102 Å². The molecule has 1 unspecified atom stereocenters. The van der Waals surface area contributed by atoms with Crippen LogP contribution in [-0.2, 0) is 9.47 Å². The van der Waals surface area contributed by atoms with Crippen LogP contribution in [0.1, 0.15) is 118 Å². The molecule has 0 spiro atoms. The third kappa shape index (κ3) is 7.20. The zero-order valence-electron chi connectivity index (χ0n) is 20.8. The first-order valence-electron chi connectivity index (χ1n) is 13.5. The van der Waals surface area contributed by atoms with Gasteiger partial charge < -0.3 is 9.47 Å². The Bertz CT molecular complexity index is 457. The van der Waals surface area contributed by atoms with Crippen molar-refractivity contribution in [2.45, 2.75) is 155 Å². The van der Waals surface area contributed by atoms with E-state index in [1.54, 1.807) is 0 Å². The van der Waals surface area contributed by atoms with Crippen LogP contribution in [0.5, 0.6) is 0 Å². The van der Waals surface area contributed by atoms with Gasteiger partial charge in [-0.2, -0.15) is 0 Å². The van der Waals surface area contributed by atoms with E-state index in [1.807, 2.05) is 0 Å². The van der Waals surface area contributed by atoms with Crippen LogP contribution >= 0.6 is 0 Å². The van der Waals surface area contributed by atoms with Crippen LogP contribution in [0.3, 0.4) is 0 Å². The Labute approximate surface area is 187 Å². The highest BCUT2D eigenvalue weighted by molar-refractivity contribution is 4.92. The van der Waals surface area contributed by atoms with Gasteiger partial charge in [0.2, 0.25) is 0 Å². The van der Waals surface area contributed by atoms with Crippen molar-refractivity contribution in [3.05, 3.63) is 0 Å². The number of nitrogens with zero attached hydrogens (tertiary/aromatic N) is 1. The summed E-state index contributed by atoms with van der Waals surface area (Å²) in [6.45, 7) is 12.4. The van der Waals surface area contributed by atoms with Crippen molar-refractivity contribution in [2.75, 3.05) is 6.61 Å². The molecule has 0 aromatic rings. The Balaban J connectivity index is 1.57. The van der Waals surface area contributed by atoms with E-state index in [1.165, 1.54) is 77.0 Å². The molecular formula is C27H51NO2. The number of hydrogen-bond donors (Lipinski definition) is 0. The fourth-order valence-corrected chi connectivity index (χ4v) is 6.18. The molecule has 3 aliphatic carbocycles. The maximum Gasteiger partial charge on any atom is 0.0580 e. The molecule has 0 aromatic heterocycles. The topological polar surface area (TPSA) is 21.7 Å². The van der Waals surface area contributed by atoms with E-state index in [2.05, 4.69) is 39.5 Å². The molecule has 0 bridgehead atoms. The molecule has 0 amide bonds. The Morgan fingerprint density at radius 1 is 0.700 bits per heavy atom. The summed E-state index contributed by atoms with van der Waals surface area (Å²) in [7, 11) is 0. The molecule has 0 radical (unpaired) electrons. The van der Waals surface area contributed by atoms with Gasteiger partial charge in [0.05, 0.1) is 18.3 Å². The lowest BCUT2D eigenvalue weighted by Crippen LogP contribution is -2.53. The molecule has 3 nitrogen and oxygen atoms in total. The van der Waals surface area contributed by atoms with E-state index in [-0.39, 0.29) is 0 Å². The predicted molar refractivity (Wildman–Crippen MR) is 127 cm³/mol. The molecule has 0 heterocycles. The zero-order chi connectivity index (χ0) is 21.5. The van der Waals surface area contributed by atoms with E-state index < -0.39 is 0 Å². The summed E-state index contributed by atoms with van der Waals surface area (Å²) in [5.41, 5.74) is 0. The molecule has 1 atom stereocenters. The van der Waals surface area contributed by atoms with E-state index >= 15 is 0 Å². The summed E-state index contributed by atoms with van der Waals surface area (Å²) >= 11 is 0. The lowest BCUT2D eigenvalue weighted by Gasteiger charge is -2.49. The molecule has 3 rings (SSSR count). The van der Waals surface area contributed by atoms with E-state index in [9.17, 15) is 0 Å². The van der Waals surface area contributed by atoms with Gasteiger partial charge in [-0.1, -0.05) is 27.7 Å². The van der Waals surface area contributed by atoms with Crippen LogP contribution in [0.25, 0.3) is 0 Å². The Morgan fingerprint density at radius 3 is 1.63 bits per heavy atom. The molecule has 3 fully saturated rings. The second-order valence-corrected chi connectivity index (χ2v) is 11.3. The SMILES string of the molecule is CCC(C)OC1CCC(N(C2CCC(C)CC2)C2CCC(OCC(C)C)CC2)CC1. The maximum atomic E-state index is 6.30. The van der Waals surface area contributed by atoms with Gasteiger partial charge in [0.25, 0.3) is 0 Å². The first kappa shape index (κ1) is 24.5. The molecule has 0 aromatic carbocycles. The fraction of sp³-hybridized carbons (Fsp3) is 1.00. The lowest BCUT2D eigenvalue weighted by atomic mass is 9.81. The van der Waals surface area contributed by atoms with Crippen molar-refractivity contribution in [3.63, 3.8) is 0 Å². The minimum absolute atomic E-state index is 0.420. The first-order valence-corrected chi connectivity index (χ1v) is 13.5. The quantitative estimate of drug-likeness (QED) is 0.401. The van der Waals surface area contributed by atoms with Crippen LogP contribution in [0.2, 0.25) is 0 Å². The molecule has 30 heavy (non-hydrogen) atoms. The average Bonchev–Trinajstić information content (AvgIpc) is 2.75. The number of hydrogen-bond acceptors (Lipinski definition) is 3. The smallest absolute Gasteiger partial charge is 0.0580 e. The molecule has 3 heteroatoms. The number of rotatable bonds is 9. The van der Waals surface area contributed by atoms with E-state index in [0.717, 1.165) is 37.1 Å². The highest BCUT2D eigenvalue weighted by Crippen LogP contribution is 2.38. The average molecular weight is 422 g/mol. The summed E-state index contributed by atoms with van der Waals surface area (Å²) < 4.78 is 12.5. The molecule has 3 aliphatic rings. The van der Waals surface area contributed by atoms with Crippen molar-refractivity contribution < 1.29 is 9.47 Å². The Hall–Kier alpha value is -0.120. The van der Waals surface area contributed by atoms with Gasteiger partial charge in [-0.25, -0.2) is 0 Å². The fourth-order valence-electron chi connectivity index (χ4n) is 6.18. The molecule has 0 N–H and O–H groups in total. The molecule has 176 valence electrons. The minimum Gasteiger partial charge on any atom is -0.378 e. The number of ether oxygens (including phenoxy) is 2. The van der Waals surface area contributed by atoms with Gasteiger partial charge in [-0.15, -0.1) is 0 Å². The highest BCUT2D eigenvalue weighted by atomic mass is 16.5. The third-order valence-electron chi connectivity index (χ3n) is 8.20. The van der Waals surface area contributed by atoms with Gasteiger partial charge in [0, 0.05) is 24.7 Å². The van der Waals surface area contributed by atoms with Gasteiger partial charge >= 0.3 is 0 Å². The van der Waals surface area contributed by atoms with E-state index in [0.29, 0.717) is 24.2 Å². The zero-order valence-corrected chi connectivity index (χ0v) is 20.8. The van der Waals surface area contributed by atoms with Crippen LogP contribution in [-0.4, -0.2) is 47.9 Å². The summed E-state index contributed by atoms with van der Waals surface area (Å²) in [5.74, 6) is 1.58. The monoisotopic (exact) mass is 421 g/mol. The molecule has 0 saturated heterocycles. The van der Waals surface area contributed by atoms with Gasteiger partial charge in [0.15, 0.2) is 0 Å².